The summed E-state index contributed by atoms with van der Waals surface area (Å²) in [5.41, 5.74) is 4.05. The van der Waals surface area contributed by atoms with Crippen LogP contribution in [0.25, 0.3) is 0 Å². The summed E-state index contributed by atoms with van der Waals surface area (Å²) in [4.78, 5) is 0.388. The molecular formula is C17H18N2O2S. The molecule has 0 aliphatic carbocycles. The number of anilines is 2. The van der Waals surface area contributed by atoms with E-state index >= 15 is 0 Å². The van der Waals surface area contributed by atoms with E-state index in [1.54, 1.807) is 10.4 Å². The molecule has 1 unspecified atom stereocenters. The summed E-state index contributed by atoms with van der Waals surface area (Å²) in [5, 5.41) is 3.26. The topological polar surface area (TPSA) is 49.4 Å². The van der Waals surface area contributed by atoms with Gasteiger partial charge in [-0.3, -0.25) is 4.31 Å². The number of fused-ring (bicyclic) bond motifs is 2. The monoisotopic (exact) mass is 314 g/mol. The van der Waals surface area contributed by atoms with E-state index in [-0.39, 0.29) is 6.04 Å². The first-order chi connectivity index (χ1) is 10.6. The van der Waals surface area contributed by atoms with Crippen molar-refractivity contribution in [2.75, 3.05) is 16.2 Å². The SMILES string of the molecule is CC1Cc2ccccc2N1S(=O)(=O)c1ccc2c(c1)CCN2. The average Bonchev–Trinajstić information content (AvgIpc) is 3.08. The molecular weight excluding hydrogens is 296 g/mol. The molecule has 2 aromatic rings. The van der Waals surface area contributed by atoms with E-state index in [9.17, 15) is 8.42 Å². The summed E-state index contributed by atoms with van der Waals surface area (Å²) in [6, 6.07) is 13.1. The highest BCUT2D eigenvalue weighted by Crippen LogP contribution is 2.37. The van der Waals surface area contributed by atoms with E-state index in [2.05, 4.69) is 5.32 Å². The Balaban J connectivity index is 1.81. The molecule has 2 aromatic carbocycles. The minimum atomic E-state index is -3.52. The first-order valence-electron chi connectivity index (χ1n) is 7.56. The number of nitrogens with zero attached hydrogens (tertiary/aromatic N) is 1. The third kappa shape index (κ3) is 1.92. The first-order valence-corrected chi connectivity index (χ1v) is 9.00. The van der Waals surface area contributed by atoms with Crippen LogP contribution < -0.4 is 9.62 Å². The van der Waals surface area contributed by atoms with Gasteiger partial charge in [0.1, 0.15) is 0 Å². The third-order valence-electron chi connectivity index (χ3n) is 4.49. The zero-order valence-electron chi connectivity index (χ0n) is 12.4. The van der Waals surface area contributed by atoms with Crippen LogP contribution in [0, 0.1) is 0 Å². The average molecular weight is 314 g/mol. The van der Waals surface area contributed by atoms with E-state index in [0.29, 0.717) is 4.90 Å². The second kappa shape index (κ2) is 4.74. The van der Waals surface area contributed by atoms with E-state index in [0.717, 1.165) is 41.9 Å². The standard InChI is InChI=1S/C17H18N2O2S/c1-12-10-14-4-2-3-5-17(14)19(12)22(20,21)15-6-7-16-13(11-15)8-9-18-16/h2-7,11-12,18H,8-10H2,1H3. The van der Waals surface area contributed by atoms with Crippen molar-refractivity contribution in [1.29, 1.82) is 0 Å². The van der Waals surface area contributed by atoms with Crippen molar-refractivity contribution >= 4 is 21.4 Å². The van der Waals surface area contributed by atoms with E-state index in [1.165, 1.54) is 0 Å². The van der Waals surface area contributed by atoms with Crippen molar-refractivity contribution in [3.05, 3.63) is 53.6 Å². The van der Waals surface area contributed by atoms with Crippen molar-refractivity contribution in [2.45, 2.75) is 30.7 Å². The zero-order valence-corrected chi connectivity index (χ0v) is 13.2. The lowest BCUT2D eigenvalue weighted by Crippen LogP contribution is -2.35. The van der Waals surface area contributed by atoms with E-state index < -0.39 is 10.0 Å². The van der Waals surface area contributed by atoms with Gasteiger partial charge in [-0.1, -0.05) is 18.2 Å². The molecule has 4 rings (SSSR count). The van der Waals surface area contributed by atoms with Crippen molar-refractivity contribution in [2.24, 2.45) is 0 Å². The van der Waals surface area contributed by atoms with Crippen LogP contribution in [0.1, 0.15) is 18.1 Å². The summed E-state index contributed by atoms with van der Waals surface area (Å²) in [5.74, 6) is 0. The smallest absolute Gasteiger partial charge is 0.264 e. The molecule has 0 fully saturated rings. The number of benzene rings is 2. The summed E-state index contributed by atoms with van der Waals surface area (Å²) in [7, 11) is -3.52. The highest BCUT2D eigenvalue weighted by molar-refractivity contribution is 7.92. The number of rotatable bonds is 2. The van der Waals surface area contributed by atoms with Gasteiger partial charge in [-0.15, -0.1) is 0 Å². The Morgan fingerprint density at radius 2 is 1.95 bits per heavy atom. The molecule has 0 spiro atoms. The molecule has 5 heteroatoms. The first kappa shape index (κ1) is 13.6. The van der Waals surface area contributed by atoms with E-state index in [4.69, 9.17) is 0 Å². The summed E-state index contributed by atoms with van der Waals surface area (Å²) in [6.07, 6.45) is 1.65. The maximum atomic E-state index is 13.1. The molecule has 22 heavy (non-hydrogen) atoms. The van der Waals surface area contributed by atoms with Crippen LogP contribution in [0.2, 0.25) is 0 Å². The van der Waals surface area contributed by atoms with Gasteiger partial charge in [0.2, 0.25) is 0 Å². The van der Waals surface area contributed by atoms with Crippen LogP contribution in [-0.2, 0) is 22.9 Å². The number of para-hydroxylation sites is 1. The highest BCUT2D eigenvalue weighted by atomic mass is 32.2. The number of sulfonamides is 1. The van der Waals surface area contributed by atoms with Gasteiger partial charge in [-0.05, 0) is 55.2 Å². The van der Waals surface area contributed by atoms with Gasteiger partial charge >= 0.3 is 0 Å². The Morgan fingerprint density at radius 1 is 1.14 bits per heavy atom. The van der Waals surface area contributed by atoms with Crippen LogP contribution in [-0.4, -0.2) is 21.0 Å². The Labute approximate surface area is 130 Å². The van der Waals surface area contributed by atoms with Crippen molar-refractivity contribution < 1.29 is 8.42 Å². The van der Waals surface area contributed by atoms with Crippen molar-refractivity contribution in [3.63, 3.8) is 0 Å². The molecule has 2 aliphatic heterocycles. The fourth-order valence-electron chi connectivity index (χ4n) is 3.46. The lowest BCUT2D eigenvalue weighted by molar-refractivity contribution is 0.584. The molecule has 2 aliphatic rings. The fraction of sp³-hybridized carbons (Fsp3) is 0.294. The minimum Gasteiger partial charge on any atom is -0.384 e. The zero-order chi connectivity index (χ0) is 15.3. The summed E-state index contributed by atoms with van der Waals surface area (Å²) in [6.45, 7) is 2.84. The molecule has 4 nitrogen and oxygen atoms in total. The van der Waals surface area contributed by atoms with Crippen LogP contribution in [0.15, 0.2) is 47.4 Å². The van der Waals surface area contributed by atoms with Crippen LogP contribution in [0.3, 0.4) is 0 Å². The predicted octanol–water partition coefficient (Wildman–Crippen LogP) is 2.79. The van der Waals surface area contributed by atoms with Crippen molar-refractivity contribution in [1.82, 2.24) is 0 Å². The Hall–Kier alpha value is -2.01. The van der Waals surface area contributed by atoms with Gasteiger partial charge in [0.25, 0.3) is 10.0 Å². The highest BCUT2D eigenvalue weighted by Gasteiger charge is 2.36. The molecule has 0 bridgehead atoms. The Kier molecular flexibility index (Phi) is 2.94. The second-order valence-electron chi connectivity index (χ2n) is 5.98. The maximum Gasteiger partial charge on any atom is 0.264 e. The Morgan fingerprint density at radius 3 is 2.82 bits per heavy atom. The van der Waals surface area contributed by atoms with Crippen LogP contribution >= 0.6 is 0 Å². The van der Waals surface area contributed by atoms with E-state index in [1.807, 2.05) is 43.3 Å². The summed E-state index contributed by atoms with van der Waals surface area (Å²) >= 11 is 0. The van der Waals surface area contributed by atoms with Gasteiger partial charge in [-0.2, -0.15) is 0 Å². The molecule has 1 atom stereocenters. The molecule has 1 N–H and O–H groups in total. The third-order valence-corrected chi connectivity index (χ3v) is 6.41. The van der Waals surface area contributed by atoms with Gasteiger partial charge in [0, 0.05) is 18.3 Å². The lowest BCUT2D eigenvalue weighted by Gasteiger charge is -2.24. The van der Waals surface area contributed by atoms with Crippen LogP contribution in [0.5, 0.6) is 0 Å². The fourth-order valence-corrected chi connectivity index (χ4v) is 5.20. The molecule has 2 heterocycles. The largest absolute Gasteiger partial charge is 0.384 e. The number of nitrogens with one attached hydrogen (secondary N) is 1. The quantitative estimate of drug-likeness (QED) is 0.927. The Bertz CT molecular complexity index is 845. The van der Waals surface area contributed by atoms with Gasteiger partial charge in [0.15, 0.2) is 0 Å². The minimum absolute atomic E-state index is 0.0474. The van der Waals surface area contributed by atoms with Crippen molar-refractivity contribution in [3.8, 4) is 0 Å². The lowest BCUT2D eigenvalue weighted by atomic mass is 10.1. The van der Waals surface area contributed by atoms with Gasteiger partial charge in [-0.25, -0.2) is 8.42 Å². The molecule has 114 valence electrons. The summed E-state index contributed by atoms with van der Waals surface area (Å²) < 4.78 is 27.8. The van der Waals surface area contributed by atoms with Crippen LogP contribution in [0.4, 0.5) is 11.4 Å². The molecule has 0 amide bonds. The molecule has 0 radical (unpaired) electrons. The predicted molar refractivity (Wildman–Crippen MR) is 87.9 cm³/mol. The number of hydrogen-bond donors (Lipinski definition) is 1. The maximum absolute atomic E-state index is 13.1. The van der Waals surface area contributed by atoms with Gasteiger partial charge in [0.05, 0.1) is 10.6 Å². The molecule has 0 aromatic heterocycles. The molecule has 0 saturated carbocycles. The number of hydrogen-bond acceptors (Lipinski definition) is 3. The van der Waals surface area contributed by atoms with Gasteiger partial charge < -0.3 is 5.32 Å². The second-order valence-corrected chi connectivity index (χ2v) is 7.79. The molecule has 0 saturated heterocycles. The normalized spacial score (nSPS) is 19.7.